The number of thiophene rings is 1. The lowest BCUT2D eigenvalue weighted by Crippen LogP contribution is -2.24. The predicted octanol–water partition coefficient (Wildman–Crippen LogP) is 3.50. The highest BCUT2D eigenvalue weighted by Crippen LogP contribution is 2.28. The Hall–Kier alpha value is -2.86. The number of amides is 1. The van der Waals surface area contributed by atoms with Crippen molar-refractivity contribution < 1.29 is 14.6 Å². The van der Waals surface area contributed by atoms with E-state index in [0.717, 1.165) is 16.0 Å². The maximum absolute atomic E-state index is 12.3. The van der Waals surface area contributed by atoms with E-state index in [-0.39, 0.29) is 11.7 Å². The Labute approximate surface area is 149 Å². The van der Waals surface area contributed by atoms with Crippen LogP contribution in [0.4, 0.5) is 0 Å². The molecule has 25 heavy (non-hydrogen) atoms. The highest BCUT2D eigenvalue weighted by atomic mass is 32.1. The van der Waals surface area contributed by atoms with Crippen molar-refractivity contribution in [2.45, 2.75) is 6.42 Å². The summed E-state index contributed by atoms with van der Waals surface area (Å²) in [7, 11) is 1.58. The largest absolute Gasteiger partial charge is 0.508 e. The van der Waals surface area contributed by atoms with Crippen molar-refractivity contribution in [3.8, 4) is 22.1 Å². The molecule has 1 amide bonds. The minimum atomic E-state index is -0.0866. The number of hydrogen-bond donors (Lipinski definition) is 2. The molecular weight excluding hydrogens is 336 g/mol. The number of hydrogen-bond acceptors (Lipinski definition) is 5. The van der Waals surface area contributed by atoms with E-state index < -0.39 is 0 Å². The Morgan fingerprint density at radius 1 is 1.16 bits per heavy atom. The maximum Gasteiger partial charge on any atom is 0.261 e. The molecule has 0 atom stereocenters. The fourth-order valence-corrected chi connectivity index (χ4v) is 3.24. The van der Waals surface area contributed by atoms with Crippen molar-refractivity contribution in [3.05, 3.63) is 65.2 Å². The molecule has 0 saturated heterocycles. The van der Waals surface area contributed by atoms with E-state index >= 15 is 0 Å². The third kappa shape index (κ3) is 4.36. The molecule has 2 N–H and O–H groups in total. The number of aromatic nitrogens is 1. The monoisotopic (exact) mass is 354 g/mol. The summed E-state index contributed by atoms with van der Waals surface area (Å²) in [6.45, 7) is 0.543. The molecule has 0 aliphatic rings. The highest BCUT2D eigenvalue weighted by Gasteiger charge is 2.10. The summed E-state index contributed by atoms with van der Waals surface area (Å²) in [5.41, 5.74) is 2.02. The van der Waals surface area contributed by atoms with Crippen LogP contribution in [0.5, 0.6) is 11.6 Å². The van der Waals surface area contributed by atoms with Gasteiger partial charge in [0, 0.05) is 29.2 Å². The predicted molar refractivity (Wildman–Crippen MR) is 98.2 cm³/mol. The molecule has 0 spiro atoms. The van der Waals surface area contributed by atoms with Gasteiger partial charge in [0.2, 0.25) is 5.88 Å². The zero-order valence-corrected chi connectivity index (χ0v) is 14.5. The number of nitrogens with one attached hydrogen (secondary N) is 1. The molecule has 128 valence electrons. The molecule has 5 nitrogen and oxygen atoms in total. The molecule has 0 bridgehead atoms. The fraction of sp³-hybridized carbons (Fsp3) is 0.158. The first-order valence-electron chi connectivity index (χ1n) is 7.82. The van der Waals surface area contributed by atoms with Crippen molar-refractivity contribution in [1.82, 2.24) is 10.3 Å². The van der Waals surface area contributed by atoms with Gasteiger partial charge >= 0.3 is 0 Å². The van der Waals surface area contributed by atoms with Crippen LogP contribution in [0.25, 0.3) is 10.4 Å². The summed E-state index contributed by atoms with van der Waals surface area (Å²) in [5, 5.41) is 12.2. The Kier molecular flexibility index (Phi) is 5.30. The van der Waals surface area contributed by atoms with Crippen molar-refractivity contribution >= 4 is 17.2 Å². The lowest BCUT2D eigenvalue weighted by atomic mass is 10.1. The van der Waals surface area contributed by atoms with Gasteiger partial charge in [0.1, 0.15) is 5.75 Å². The van der Waals surface area contributed by atoms with Gasteiger partial charge in [-0.3, -0.25) is 4.79 Å². The average Bonchev–Trinajstić information content (AvgIpc) is 3.13. The van der Waals surface area contributed by atoms with Gasteiger partial charge in [0.05, 0.1) is 12.0 Å². The summed E-state index contributed by atoms with van der Waals surface area (Å²) in [6.07, 6.45) is 2.45. The minimum absolute atomic E-state index is 0.0866. The van der Waals surface area contributed by atoms with Crippen LogP contribution in [0, 0.1) is 0 Å². The number of carbonyl (C=O) groups is 1. The van der Waals surface area contributed by atoms with Crippen molar-refractivity contribution in [2.75, 3.05) is 13.7 Å². The first-order valence-corrected chi connectivity index (χ1v) is 8.64. The Balaban J connectivity index is 1.57. The van der Waals surface area contributed by atoms with E-state index in [4.69, 9.17) is 4.74 Å². The fourth-order valence-electron chi connectivity index (χ4n) is 2.33. The summed E-state index contributed by atoms with van der Waals surface area (Å²) in [6, 6.07) is 14.4. The Morgan fingerprint density at radius 3 is 2.64 bits per heavy atom. The van der Waals surface area contributed by atoms with Gasteiger partial charge in [0.25, 0.3) is 5.91 Å². The number of methoxy groups -OCH3 is 1. The van der Waals surface area contributed by atoms with Crippen molar-refractivity contribution in [1.29, 1.82) is 0 Å². The van der Waals surface area contributed by atoms with Gasteiger partial charge < -0.3 is 15.2 Å². The molecule has 0 fully saturated rings. The molecule has 3 rings (SSSR count). The normalized spacial score (nSPS) is 10.4. The van der Waals surface area contributed by atoms with Gasteiger partial charge in [-0.05, 0) is 42.3 Å². The van der Waals surface area contributed by atoms with Crippen LogP contribution in [0.3, 0.4) is 0 Å². The van der Waals surface area contributed by atoms with E-state index in [2.05, 4.69) is 10.3 Å². The molecular formula is C19H18N2O3S. The molecule has 3 aromatic rings. The van der Waals surface area contributed by atoms with E-state index in [0.29, 0.717) is 23.7 Å². The van der Waals surface area contributed by atoms with Crippen LogP contribution in [-0.4, -0.2) is 29.7 Å². The smallest absolute Gasteiger partial charge is 0.261 e. The summed E-state index contributed by atoms with van der Waals surface area (Å²) >= 11 is 1.43. The topological polar surface area (TPSA) is 71.5 Å². The van der Waals surface area contributed by atoms with Crippen molar-refractivity contribution in [3.63, 3.8) is 0 Å². The first kappa shape index (κ1) is 17.0. The second-order valence-corrected chi connectivity index (χ2v) is 6.51. The molecule has 0 saturated carbocycles. The second kappa shape index (κ2) is 7.81. The molecule has 6 heteroatoms. The molecule has 1 aromatic carbocycles. The van der Waals surface area contributed by atoms with E-state index in [9.17, 15) is 9.90 Å². The lowest BCUT2D eigenvalue weighted by molar-refractivity contribution is 0.0958. The second-order valence-electron chi connectivity index (χ2n) is 5.43. The Bertz CT molecular complexity index is 842. The number of phenols is 1. The number of aromatic hydroxyl groups is 1. The number of nitrogens with zero attached hydrogens (tertiary/aromatic N) is 1. The summed E-state index contributed by atoms with van der Waals surface area (Å²) in [4.78, 5) is 18.1. The third-order valence-electron chi connectivity index (χ3n) is 3.70. The lowest BCUT2D eigenvalue weighted by Gasteiger charge is -2.04. The van der Waals surface area contributed by atoms with E-state index in [1.165, 1.54) is 11.3 Å². The number of carbonyl (C=O) groups excluding carboxylic acids is 1. The Morgan fingerprint density at radius 2 is 1.96 bits per heavy atom. The molecule has 2 aromatic heterocycles. The van der Waals surface area contributed by atoms with Crippen molar-refractivity contribution in [2.24, 2.45) is 0 Å². The minimum Gasteiger partial charge on any atom is -0.508 e. The van der Waals surface area contributed by atoms with Crippen LogP contribution >= 0.6 is 11.3 Å². The van der Waals surface area contributed by atoms with Gasteiger partial charge in [-0.1, -0.05) is 12.1 Å². The van der Waals surface area contributed by atoms with Crippen LogP contribution in [0.2, 0.25) is 0 Å². The van der Waals surface area contributed by atoms with Crippen LogP contribution in [0.15, 0.2) is 54.7 Å². The third-order valence-corrected chi connectivity index (χ3v) is 4.83. The van der Waals surface area contributed by atoms with Gasteiger partial charge in [0.15, 0.2) is 0 Å². The van der Waals surface area contributed by atoms with Gasteiger partial charge in [-0.25, -0.2) is 4.98 Å². The average molecular weight is 354 g/mol. The van der Waals surface area contributed by atoms with Crippen LogP contribution < -0.4 is 10.1 Å². The van der Waals surface area contributed by atoms with Gasteiger partial charge in [-0.2, -0.15) is 0 Å². The number of benzene rings is 1. The van der Waals surface area contributed by atoms with E-state index in [1.54, 1.807) is 31.5 Å². The molecule has 0 unspecified atom stereocenters. The number of ether oxygens (including phenoxy) is 1. The van der Waals surface area contributed by atoms with Crippen LogP contribution in [0.1, 0.15) is 15.2 Å². The maximum atomic E-state index is 12.3. The number of rotatable bonds is 6. The van der Waals surface area contributed by atoms with Crippen LogP contribution in [-0.2, 0) is 6.42 Å². The standard InChI is InChI=1S/C19H18N2O3S/c1-24-18-9-4-14(12-21-18)16-7-8-17(25-16)19(23)20-11-10-13-2-5-15(22)6-3-13/h2-9,12,22H,10-11H2,1H3,(H,20,23). The molecule has 0 aliphatic carbocycles. The summed E-state index contributed by atoms with van der Waals surface area (Å²) in [5.74, 6) is 0.718. The molecule has 2 heterocycles. The molecule has 0 aliphatic heterocycles. The molecule has 0 radical (unpaired) electrons. The zero-order valence-electron chi connectivity index (χ0n) is 13.7. The number of phenolic OH excluding ortho intramolecular Hbond substituents is 1. The number of pyridine rings is 1. The van der Waals surface area contributed by atoms with E-state index in [1.807, 2.05) is 30.3 Å². The SMILES string of the molecule is COc1ccc(-c2ccc(C(=O)NCCc3ccc(O)cc3)s2)cn1. The quantitative estimate of drug-likeness (QED) is 0.711. The zero-order chi connectivity index (χ0) is 17.6. The first-order chi connectivity index (χ1) is 12.2. The highest BCUT2D eigenvalue weighted by molar-refractivity contribution is 7.17. The van der Waals surface area contributed by atoms with Gasteiger partial charge in [-0.15, -0.1) is 11.3 Å². The summed E-state index contributed by atoms with van der Waals surface area (Å²) < 4.78 is 5.05.